The minimum atomic E-state index is -5.60. The molecule has 74 valence electrons. The zero-order valence-electron chi connectivity index (χ0n) is 5.80. The molecule has 0 aliphatic heterocycles. The van der Waals surface area contributed by atoms with Crippen LogP contribution in [0.25, 0.3) is 0 Å². The zero-order chi connectivity index (χ0) is 10.2. The molecule has 0 fully saturated rings. The first-order valence-electron chi connectivity index (χ1n) is 2.77. The smallest absolute Gasteiger partial charge is 0.209 e. The van der Waals surface area contributed by atoms with Gasteiger partial charge in [-0.3, -0.25) is 0 Å². The standard InChI is InChI=1S/C5H5F7/c1-4(2(6)7,3(8)9)5(10,11)12/h2-3H,1H3. The Hall–Kier alpha value is -0.490. The predicted molar refractivity (Wildman–Crippen MR) is 26.2 cm³/mol. The van der Waals surface area contributed by atoms with E-state index in [2.05, 4.69) is 0 Å². The SMILES string of the molecule is CC(C(F)F)(C(F)F)C(F)(F)F. The normalized spacial score (nSPS) is 14.5. The third kappa shape index (κ3) is 1.64. The fourth-order valence-corrected chi connectivity index (χ4v) is 0.343. The summed E-state index contributed by atoms with van der Waals surface area (Å²) in [6, 6.07) is 0. The van der Waals surface area contributed by atoms with Crippen molar-refractivity contribution < 1.29 is 30.7 Å². The van der Waals surface area contributed by atoms with Crippen LogP contribution in [0.15, 0.2) is 0 Å². The lowest BCUT2D eigenvalue weighted by molar-refractivity contribution is -0.294. The maximum atomic E-state index is 11.6. The quantitative estimate of drug-likeness (QED) is 0.598. The summed E-state index contributed by atoms with van der Waals surface area (Å²) >= 11 is 0. The van der Waals surface area contributed by atoms with Crippen LogP contribution in [0.4, 0.5) is 30.7 Å². The van der Waals surface area contributed by atoms with E-state index in [9.17, 15) is 30.7 Å². The first kappa shape index (κ1) is 11.5. The van der Waals surface area contributed by atoms with Crippen molar-refractivity contribution >= 4 is 0 Å². The molecule has 0 heterocycles. The Balaban J connectivity index is 4.89. The van der Waals surface area contributed by atoms with Crippen molar-refractivity contribution in [1.29, 1.82) is 0 Å². The van der Waals surface area contributed by atoms with E-state index in [-0.39, 0.29) is 6.92 Å². The molecule has 0 unspecified atom stereocenters. The lowest BCUT2D eigenvalue weighted by atomic mass is 9.91. The Bertz CT molecular complexity index is 138. The van der Waals surface area contributed by atoms with Gasteiger partial charge in [0.1, 0.15) is 0 Å². The Labute approximate surface area is 63.4 Å². The van der Waals surface area contributed by atoms with Gasteiger partial charge < -0.3 is 0 Å². The molecule has 0 aromatic rings. The monoisotopic (exact) mass is 198 g/mol. The highest BCUT2D eigenvalue weighted by molar-refractivity contribution is 4.87. The van der Waals surface area contributed by atoms with E-state index in [1.807, 2.05) is 0 Å². The number of hydrogen-bond acceptors (Lipinski definition) is 0. The fraction of sp³-hybridized carbons (Fsp3) is 1.00. The molecule has 0 saturated carbocycles. The summed E-state index contributed by atoms with van der Waals surface area (Å²) in [5, 5.41) is 0. The van der Waals surface area contributed by atoms with Crippen LogP contribution in [0, 0.1) is 5.41 Å². The summed E-state index contributed by atoms with van der Waals surface area (Å²) in [5.41, 5.74) is -4.23. The molecule has 0 N–H and O–H groups in total. The maximum absolute atomic E-state index is 11.6. The van der Waals surface area contributed by atoms with Crippen LogP contribution in [-0.4, -0.2) is 19.0 Å². The van der Waals surface area contributed by atoms with E-state index in [1.54, 1.807) is 0 Å². The average molecular weight is 198 g/mol. The van der Waals surface area contributed by atoms with Crippen LogP contribution >= 0.6 is 0 Å². The molecule has 7 heteroatoms. The Morgan fingerprint density at radius 2 is 1.08 bits per heavy atom. The van der Waals surface area contributed by atoms with E-state index in [0.29, 0.717) is 0 Å². The highest BCUT2D eigenvalue weighted by atomic mass is 19.4. The summed E-state index contributed by atoms with van der Waals surface area (Å²) in [6.45, 7) is -0.206. The minimum absolute atomic E-state index is 0.206. The number of alkyl halides is 7. The summed E-state index contributed by atoms with van der Waals surface area (Å²) in [6.07, 6.45) is -13.9. The molecule has 0 rings (SSSR count). The summed E-state index contributed by atoms with van der Waals surface area (Å²) in [7, 11) is 0. The molecular weight excluding hydrogens is 193 g/mol. The van der Waals surface area contributed by atoms with Gasteiger partial charge in [-0.05, 0) is 6.92 Å². The molecule has 0 aromatic heterocycles. The van der Waals surface area contributed by atoms with Gasteiger partial charge in [0.25, 0.3) is 12.9 Å². The number of rotatable bonds is 2. The van der Waals surface area contributed by atoms with Crippen molar-refractivity contribution in [2.75, 3.05) is 0 Å². The van der Waals surface area contributed by atoms with E-state index in [0.717, 1.165) is 0 Å². The van der Waals surface area contributed by atoms with E-state index in [1.165, 1.54) is 0 Å². The third-order valence-corrected chi connectivity index (χ3v) is 1.52. The van der Waals surface area contributed by atoms with Crippen LogP contribution in [0.5, 0.6) is 0 Å². The van der Waals surface area contributed by atoms with Crippen LogP contribution in [0.1, 0.15) is 6.92 Å². The van der Waals surface area contributed by atoms with Crippen molar-refractivity contribution in [1.82, 2.24) is 0 Å². The summed E-state index contributed by atoms with van der Waals surface area (Å²) in [4.78, 5) is 0. The van der Waals surface area contributed by atoms with Crippen molar-refractivity contribution in [3.8, 4) is 0 Å². The van der Waals surface area contributed by atoms with Crippen molar-refractivity contribution in [2.24, 2.45) is 5.41 Å². The zero-order valence-corrected chi connectivity index (χ0v) is 5.80. The molecule has 0 atom stereocenters. The average Bonchev–Trinajstić information content (AvgIpc) is 1.82. The molecule has 12 heavy (non-hydrogen) atoms. The lowest BCUT2D eigenvalue weighted by Crippen LogP contribution is -2.47. The second-order valence-corrected chi connectivity index (χ2v) is 2.38. The first-order valence-corrected chi connectivity index (χ1v) is 2.77. The lowest BCUT2D eigenvalue weighted by Gasteiger charge is -2.29. The second-order valence-electron chi connectivity index (χ2n) is 2.38. The van der Waals surface area contributed by atoms with Gasteiger partial charge in [-0.25, -0.2) is 17.6 Å². The number of hydrogen-bond donors (Lipinski definition) is 0. The van der Waals surface area contributed by atoms with Crippen LogP contribution < -0.4 is 0 Å². The topological polar surface area (TPSA) is 0 Å². The van der Waals surface area contributed by atoms with E-state index >= 15 is 0 Å². The molecule has 0 spiro atoms. The first-order chi connectivity index (χ1) is 5.14. The van der Waals surface area contributed by atoms with E-state index in [4.69, 9.17) is 0 Å². The van der Waals surface area contributed by atoms with Crippen LogP contribution in [-0.2, 0) is 0 Å². The van der Waals surface area contributed by atoms with Gasteiger partial charge in [-0.1, -0.05) is 0 Å². The maximum Gasteiger partial charge on any atom is 0.405 e. The molecule has 0 aromatic carbocycles. The van der Waals surface area contributed by atoms with Crippen molar-refractivity contribution in [3.63, 3.8) is 0 Å². The molecule has 0 nitrogen and oxygen atoms in total. The molecule has 0 aliphatic carbocycles. The molecular formula is C5H5F7. The van der Waals surface area contributed by atoms with Crippen molar-refractivity contribution in [2.45, 2.75) is 26.0 Å². The van der Waals surface area contributed by atoms with Crippen LogP contribution in [0.2, 0.25) is 0 Å². The van der Waals surface area contributed by atoms with Gasteiger partial charge in [0, 0.05) is 0 Å². The third-order valence-electron chi connectivity index (χ3n) is 1.52. The van der Waals surface area contributed by atoms with Gasteiger partial charge in [0.05, 0.1) is 0 Å². The van der Waals surface area contributed by atoms with Gasteiger partial charge in [0.2, 0.25) is 0 Å². The van der Waals surface area contributed by atoms with Gasteiger partial charge in [-0.15, -0.1) is 0 Å². The highest BCUT2D eigenvalue weighted by Gasteiger charge is 2.63. The summed E-state index contributed by atoms with van der Waals surface area (Å²) < 4.78 is 81.5. The number of halogens is 7. The predicted octanol–water partition coefficient (Wildman–Crippen LogP) is 3.09. The highest BCUT2D eigenvalue weighted by Crippen LogP contribution is 2.47. The van der Waals surface area contributed by atoms with Gasteiger partial charge >= 0.3 is 6.18 Å². The largest absolute Gasteiger partial charge is 0.405 e. The fourth-order valence-electron chi connectivity index (χ4n) is 0.343. The minimum Gasteiger partial charge on any atom is -0.209 e. The van der Waals surface area contributed by atoms with E-state index < -0.39 is 24.4 Å². The second kappa shape index (κ2) is 3.10. The Kier molecular flexibility index (Phi) is 2.97. The Morgan fingerprint density at radius 1 is 0.833 bits per heavy atom. The van der Waals surface area contributed by atoms with Crippen LogP contribution in [0.3, 0.4) is 0 Å². The molecule has 0 aliphatic rings. The molecule has 0 amide bonds. The van der Waals surface area contributed by atoms with Gasteiger partial charge in [-0.2, -0.15) is 13.2 Å². The van der Waals surface area contributed by atoms with Gasteiger partial charge in [0.15, 0.2) is 5.41 Å². The Morgan fingerprint density at radius 3 is 1.08 bits per heavy atom. The molecule has 0 saturated heterocycles. The summed E-state index contributed by atoms with van der Waals surface area (Å²) in [5.74, 6) is 0. The molecule has 0 radical (unpaired) electrons. The van der Waals surface area contributed by atoms with Crippen molar-refractivity contribution in [3.05, 3.63) is 0 Å². The molecule has 0 bridgehead atoms.